The number of phenols is 1. The predicted octanol–water partition coefficient (Wildman–Crippen LogP) is 2.95. The number of rotatable bonds is 7. The van der Waals surface area contributed by atoms with E-state index in [2.05, 4.69) is 4.90 Å². The summed E-state index contributed by atoms with van der Waals surface area (Å²) in [6.07, 6.45) is 2.58. The number of amides is 1. The highest BCUT2D eigenvalue weighted by atomic mass is 35.5. The van der Waals surface area contributed by atoms with Gasteiger partial charge >= 0.3 is 0 Å². The molecule has 1 fully saturated rings. The van der Waals surface area contributed by atoms with Gasteiger partial charge in [0.2, 0.25) is 11.7 Å². The van der Waals surface area contributed by atoms with Crippen molar-refractivity contribution in [2.45, 2.75) is 6.10 Å². The van der Waals surface area contributed by atoms with Crippen molar-refractivity contribution in [2.24, 2.45) is 0 Å². The molecule has 0 radical (unpaired) electrons. The van der Waals surface area contributed by atoms with Gasteiger partial charge in [-0.3, -0.25) is 9.69 Å². The molecule has 8 heteroatoms. The third-order valence-electron chi connectivity index (χ3n) is 5.29. The minimum absolute atomic E-state index is 0.0783. The van der Waals surface area contributed by atoms with Crippen molar-refractivity contribution < 1.29 is 24.5 Å². The molecule has 166 valence electrons. The van der Waals surface area contributed by atoms with Crippen LogP contribution in [0.5, 0.6) is 17.2 Å². The summed E-state index contributed by atoms with van der Waals surface area (Å²) in [6.45, 7) is 3.04. The van der Waals surface area contributed by atoms with Gasteiger partial charge in [-0.2, -0.15) is 0 Å². The molecular weight excluding hydrogens is 420 g/mol. The standard InChI is InChI=1S/C23H27ClN2O5/c1-30-20-13-16(14-21(31-2)23(20)29)3-8-22(28)26-11-9-25(10-12-26)15-19(27)17-4-6-18(24)7-5-17/h3-8,13-14,19,27,29H,9-12,15H2,1-2H3/b8-3+. The number of aliphatic hydroxyl groups excluding tert-OH is 1. The van der Waals surface area contributed by atoms with Gasteiger partial charge in [-0.05, 0) is 41.5 Å². The van der Waals surface area contributed by atoms with Crippen LogP contribution in [0.3, 0.4) is 0 Å². The van der Waals surface area contributed by atoms with Gasteiger partial charge in [0.05, 0.1) is 20.3 Å². The number of ether oxygens (including phenoxy) is 2. The Kier molecular flexibility index (Phi) is 7.79. The zero-order valence-electron chi connectivity index (χ0n) is 17.6. The number of aliphatic hydroxyl groups is 1. The highest BCUT2D eigenvalue weighted by Crippen LogP contribution is 2.37. The third kappa shape index (κ3) is 5.91. The van der Waals surface area contributed by atoms with Crippen molar-refractivity contribution in [1.82, 2.24) is 9.80 Å². The van der Waals surface area contributed by atoms with E-state index in [1.807, 2.05) is 12.1 Å². The third-order valence-corrected chi connectivity index (χ3v) is 5.54. The molecule has 0 spiro atoms. The first-order valence-electron chi connectivity index (χ1n) is 9.99. The van der Waals surface area contributed by atoms with Gasteiger partial charge in [-0.15, -0.1) is 0 Å². The Morgan fingerprint density at radius 3 is 2.23 bits per heavy atom. The Hall–Kier alpha value is -2.74. The maximum absolute atomic E-state index is 12.6. The molecule has 1 atom stereocenters. The minimum atomic E-state index is -0.598. The van der Waals surface area contributed by atoms with Crippen molar-refractivity contribution in [3.63, 3.8) is 0 Å². The summed E-state index contributed by atoms with van der Waals surface area (Å²) in [4.78, 5) is 16.5. The molecule has 7 nitrogen and oxygen atoms in total. The van der Waals surface area contributed by atoms with E-state index in [1.165, 1.54) is 20.3 Å². The summed E-state index contributed by atoms with van der Waals surface area (Å²) in [5.41, 5.74) is 1.51. The Morgan fingerprint density at radius 2 is 1.68 bits per heavy atom. The number of piperazine rings is 1. The number of aromatic hydroxyl groups is 1. The van der Waals surface area contributed by atoms with Gasteiger partial charge in [0.1, 0.15) is 0 Å². The minimum Gasteiger partial charge on any atom is -0.502 e. The smallest absolute Gasteiger partial charge is 0.246 e. The first-order chi connectivity index (χ1) is 14.9. The van der Waals surface area contributed by atoms with Crippen molar-refractivity contribution >= 4 is 23.6 Å². The van der Waals surface area contributed by atoms with E-state index >= 15 is 0 Å². The van der Waals surface area contributed by atoms with E-state index in [9.17, 15) is 15.0 Å². The van der Waals surface area contributed by atoms with Crippen LogP contribution >= 0.6 is 11.6 Å². The molecule has 0 bridgehead atoms. The summed E-state index contributed by atoms with van der Waals surface area (Å²) in [7, 11) is 2.91. The molecule has 2 aromatic rings. The fraction of sp³-hybridized carbons (Fsp3) is 0.348. The van der Waals surface area contributed by atoms with E-state index < -0.39 is 6.10 Å². The number of nitrogens with zero attached hydrogens (tertiary/aromatic N) is 2. The van der Waals surface area contributed by atoms with Gasteiger partial charge in [0.15, 0.2) is 11.5 Å². The predicted molar refractivity (Wildman–Crippen MR) is 120 cm³/mol. The summed E-state index contributed by atoms with van der Waals surface area (Å²) >= 11 is 5.90. The molecule has 1 aliphatic rings. The Labute approximate surface area is 187 Å². The lowest BCUT2D eigenvalue weighted by atomic mass is 10.1. The van der Waals surface area contributed by atoms with Crippen LogP contribution in [0.2, 0.25) is 5.02 Å². The van der Waals surface area contributed by atoms with Gasteiger partial charge in [-0.25, -0.2) is 0 Å². The van der Waals surface area contributed by atoms with Crippen LogP contribution in [0.1, 0.15) is 17.2 Å². The summed E-state index contributed by atoms with van der Waals surface area (Å²) in [5, 5.41) is 21.1. The summed E-state index contributed by atoms with van der Waals surface area (Å²) in [5.74, 6) is 0.382. The molecule has 1 aliphatic heterocycles. The van der Waals surface area contributed by atoms with Crippen LogP contribution in [0, 0.1) is 0 Å². The van der Waals surface area contributed by atoms with Gasteiger partial charge < -0.3 is 24.6 Å². The molecule has 2 N–H and O–H groups in total. The van der Waals surface area contributed by atoms with E-state index in [4.69, 9.17) is 21.1 Å². The molecule has 1 unspecified atom stereocenters. The Bertz CT molecular complexity index is 899. The average molecular weight is 447 g/mol. The van der Waals surface area contributed by atoms with Crippen LogP contribution < -0.4 is 9.47 Å². The molecule has 2 aromatic carbocycles. The van der Waals surface area contributed by atoms with Gasteiger partial charge in [0.25, 0.3) is 0 Å². The van der Waals surface area contributed by atoms with E-state index in [1.54, 1.807) is 35.2 Å². The van der Waals surface area contributed by atoms with E-state index in [-0.39, 0.29) is 23.2 Å². The van der Waals surface area contributed by atoms with Crippen molar-refractivity contribution in [1.29, 1.82) is 0 Å². The van der Waals surface area contributed by atoms with Crippen LogP contribution in [-0.2, 0) is 4.79 Å². The number of carbonyl (C=O) groups is 1. The van der Waals surface area contributed by atoms with Crippen LogP contribution in [0.25, 0.3) is 6.08 Å². The number of carbonyl (C=O) groups excluding carboxylic acids is 1. The van der Waals surface area contributed by atoms with Crippen molar-refractivity contribution in [3.8, 4) is 17.2 Å². The Morgan fingerprint density at radius 1 is 1.10 bits per heavy atom. The topological polar surface area (TPSA) is 82.5 Å². The van der Waals surface area contributed by atoms with Crippen LogP contribution in [0.4, 0.5) is 0 Å². The molecule has 1 amide bonds. The molecule has 3 rings (SSSR count). The van der Waals surface area contributed by atoms with E-state index in [0.29, 0.717) is 43.3 Å². The zero-order valence-corrected chi connectivity index (χ0v) is 18.4. The molecule has 31 heavy (non-hydrogen) atoms. The summed E-state index contributed by atoms with van der Waals surface area (Å²) in [6, 6.07) is 10.5. The lowest BCUT2D eigenvalue weighted by Gasteiger charge is -2.35. The number of hydrogen-bond donors (Lipinski definition) is 2. The average Bonchev–Trinajstić information content (AvgIpc) is 2.79. The Balaban J connectivity index is 1.54. The fourth-order valence-electron chi connectivity index (χ4n) is 3.47. The number of benzene rings is 2. The summed E-state index contributed by atoms with van der Waals surface area (Å²) < 4.78 is 10.3. The normalized spacial score (nSPS) is 15.8. The first-order valence-corrected chi connectivity index (χ1v) is 10.4. The van der Waals surface area contributed by atoms with Gasteiger partial charge in [-0.1, -0.05) is 23.7 Å². The van der Waals surface area contributed by atoms with Crippen molar-refractivity contribution in [2.75, 3.05) is 46.9 Å². The number of methoxy groups -OCH3 is 2. The lowest BCUT2D eigenvalue weighted by Crippen LogP contribution is -2.49. The van der Waals surface area contributed by atoms with E-state index in [0.717, 1.165) is 5.56 Å². The van der Waals surface area contributed by atoms with Crippen molar-refractivity contribution in [3.05, 3.63) is 58.6 Å². The number of phenolic OH excluding ortho intramolecular Hbond substituents is 1. The second-order valence-electron chi connectivity index (χ2n) is 7.30. The molecular formula is C23H27ClN2O5. The number of β-amino-alcohol motifs (C(OH)–C–C–N with tert-alkyl or cyclic N) is 1. The molecule has 1 heterocycles. The zero-order chi connectivity index (χ0) is 22.4. The quantitative estimate of drug-likeness (QED) is 0.636. The second kappa shape index (κ2) is 10.5. The molecule has 1 saturated heterocycles. The maximum Gasteiger partial charge on any atom is 0.246 e. The van der Waals surface area contributed by atoms with Crippen LogP contribution in [0.15, 0.2) is 42.5 Å². The largest absolute Gasteiger partial charge is 0.502 e. The molecule has 0 aromatic heterocycles. The van der Waals surface area contributed by atoms with Gasteiger partial charge in [0, 0.05) is 43.8 Å². The molecule has 0 aliphatic carbocycles. The molecule has 0 saturated carbocycles. The highest BCUT2D eigenvalue weighted by Gasteiger charge is 2.22. The second-order valence-corrected chi connectivity index (χ2v) is 7.74. The highest BCUT2D eigenvalue weighted by molar-refractivity contribution is 6.30. The first kappa shape index (κ1) is 22.9. The number of halogens is 1. The van der Waals surface area contributed by atoms with Crippen LogP contribution in [-0.4, -0.2) is 72.9 Å². The SMILES string of the molecule is COc1cc(/C=C/C(=O)N2CCN(CC(O)c3ccc(Cl)cc3)CC2)cc(OC)c1O. The monoisotopic (exact) mass is 446 g/mol. The lowest BCUT2D eigenvalue weighted by molar-refractivity contribution is -0.127. The number of hydrogen-bond acceptors (Lipinski definition) is 6. The maximum atomic E-state index is 12.6. The fourth-order valence-corrected chi connectivity index (χ4v) is 3.59.